The summed E-state index contributed by atoms with van der Waals surface area (Å²) in [6.07, 6.45) is 2.53. The fraction of sp³-hybridized carbons (Fsp3) is 0.429. The molecule has 1 aliphatic rings. The van der Waals surface area contributed by atoms with Crippen LogP contribution in [-0.4, -0.2) is 73.1 Å². The van der Waals surface area contributed by atoms with Gasteiger partial charge in [0.15, 0.2) is 17.6 Å². The number of fused-ring (bicyclic) bond motifs is 2. The SMILES string of the molecule is COc1c(O)c(Sc2cc(Cl)ccc2Cl)c2c(O)c1C[C@@H](C)C[C@H](OC)[C@H](O)[C@@H](C)/C=C(\C)[C@H](OC(N)=O)[C@@H](OC)/C=C\C=C(/C)C(=O)N2. The number of carbonyl (C=O) groups excluding carboxylic acids is 2. The maximum Gasteiger partial charge on any atom is 0.405 e. The van der Waals surface area contributed by atoms with E-state index < -0.39 is 42.3 Å². The zero-order valence-corrected chi connectivity index (χ0v) is 30.8. The molecule has 0 aliphatic carbocycles. The Morgan fingerprint density at radius 1 is 1.08 bits per heavy atom. The Kier molecular flexibility index (Phi) is 14.7. The normalized spacial score (nSPS) is 26.9. The summed E-state index contributed by atoms with van der Waals surface area (Å²) in [7, 11) is 4.29. The van der Waals surface area contributed by atoms with Crippen LogP contribution >= 0.6 is 35.0 Å². The van der Waals surface area contributed by atoms with E-state index >= 15 is 0 Å². The quantitative estimate of drug-likeness (QED) is 0.118. The number of aromatic hydroxyl groups is 2. The van der Waals surface area contributed by atoms with Crippen molar-refractivity contribution in [2.45, 2.75) is 74.7 Å². The number of aliphatic hydroxyl groups is 1. The highest BCUT2D eigenvalue weighted by Crippen LogP contribution is 2.54. The summed E-state index contributed by atoms with van der Waals surface area (Å²) in [6, 6.07) is 4.80. The number of nitrogens with two attached hydrogens (primary N) is 1. The number of halogens is 2. The number of anilines is 1. The number of hydrogen-bond donors (Lipinski definition) is 5. The summed E-state index contributed by atoms with van der Waals surface area (Å²) in [5.74, 6) is -1.92. The number of nitrogens with one attached hydrogen (secondary N) is 1. The number of rotatable bonds is 6. The Morgan fingerprint density at radius 3 is 2.39 bits per heavy atom. The fourth-order valence-electron chi connectivity index (χ4n) is 5.62. The van der Waals surface area contributed by atoms with E-state index in [1.807, 2.05) is 6.92 Å². The highest BCUT2D eigenvalue weighted by Gasteiger charge is 2.32. The number of allylic oxidation sites excluding steroid dienone is 2. The number of methoxy groups -OCH3 is 3. The van der Waals surface area contributed by atoms with E-state index in [2.05, 4.69) is 5.32 Å². The van der Waals surface area contributed by atoms with Crippen LogP contribution in [-0.2, 0) is 25.4 Å². The van der Waals surface area contributed by atoms with E-state index in [4.69, 9.17) is 47.9 Å². The van der Waals surface area contributed by atoms with Crippen molar-refractivity contribution in [2.75, 3.05) is 26.6 Å². The number of amides is 2. The number of carbonyl (C=O) groups is 2. The average Bonchev–Trinajstić information content (AvgIpc) is 3.05. The molecule has 6 atom stereocenters. The molecule has 0 saturated carbocycles. The second-order valence-corrected chi connectivity index (χ2v) is 13.8. The van der Waals surface area contributed by atoms with Gasteiger partial charge in [0, 0.05) is 41.2 Å². The molecule has 1 aliphatic heterocycles. The molecule has 3 rings (SSSR count). The third kappa shape index (κ3) is 10.1. The van der Waals surface area contributed by atoms with E-state index in [-0.39, 0.29) is 51.3 Å². The van der Waals surface area contributed by atoms with Crippen LogP contribution < -0.4 is 15.8 Å². The second kappa shape index (κ2) is 18.0. The molecule has 0 spiro atoms. The van der Waals surface area contributed by atoms with Crippen molar-refractivity contribution in [1.29, 1.82) is 0 Å². The molecule has 0 unspecified atom stereocenters. The van der Waals surface area contributed by atoms with Crippen LogP contribution in [0.5, 0.6) is 17.2 Å². The van der Waals surface area contributed by atoms with E-state index in [1.54, 1.807) is 57.2 Å². The molecule has 2 amide bonds. The first kappa shape index (κ1) is 40.0. The molecule has 0 aromatic heterocycles. The molecule has 49 heavy (non-hydrogen) atoms. The van der Waals surface area contributed by atoms with Gasteiger partial charge in [-0.25, -0.2) is 4.79 Å². The Morgan fingerprint density at radius 2 is 1.78 bits per heavy atom. The lowest BCUT2D eigenvalue weighted by molar-refractivity contribution is -0.112. The lowest BCUT2D eigenvalue weighted by Crippen LogP contribution is -2.37. The Balaban J connectivity index is 2.25. The number of phenols is 2. The predicted octanol–water partition coefficient (Wildman–Crippen LogP) is 7.02. The number of primary amides is 1. The highest BCUT2D eigenvalue weighted by atomic mass is 35.5. The molecule has 0 saturated heterocycles. The van der Waals surface area contributed by atoms with Crippen LogP contribution in [0, 0.1) is 11.8 Å². The Labute approximate surface area is 301 Å². The smallest absolute Gasteiger partial charge is 0.405 e. The molecule has 0 fully saturated rings. The molecule has 14 heteroatoms. The zero-order valence-electron chi connectivity index (χ0n) is 28.5. The minimum Gasteiger partial charge on any atom is -0.505 e. The van der Waals surface area contributed by atoms with Gasteiger partial charge in [-0.05, 0) is 56.4 Å². The van der Waals surface area contributed by atoms with Gasteiger partial charge in [-0.2, -0.15) is 0 Å². The largest absolute Gasteiger partial charge is 0.505 e. The highest BCUT2D eigenvalue weighted by molar-refractivity contribution is 7.99. The van der Waals surface area contributed by atoms with Crippen LogP contribution in [0.4, 0.5) is 10.5 Å². The van der Waals surface area contributed by atoms with E-state index in [9.17, 15) is 24.9 Å². The van der Waals surface area contributed by atoms with Crippen molar-refractivity contribution in [3.8, 4) is 17.2 Å². The third-order valence-electron chi connectivity index (χ3n) is 8.20. The minimum absolute atomic E-state index is 0.0108. The number of ether oxygens (including phenoxy) is 4. The van der Waals surface area contributed by atoms with Crippen LogP contribution in [0.2, 0.25) is 10.0 Å². The van der Waals surface area contributed by atoms with E-state index in [0.29, 0.717) is 26.9 Å². The lowest BCUT2D eigenvalue weighted by Gasteiger charge is -2.29. The van der Waals surface area contributed by atoms with Gasteiger partial charge in [0.05, 0.1) is 29.2 Å². The number of hydrogen-bond acceptors (Lipinski definition) is 10. The van der Waals surface area contributed by atoms with Gasteiger partial charge >= 0.3 is 6.09 Å². The van der Waals surface area contributed by atoms with Crippen molar-refractivity contribution in [3.63, 3.8) is 0 Å². The van der Waals surface area contributed by atoms with Crippen molar-refractivity contribution in [2.24, 2.45) is 17.6 Å². The fourth-order valence-corrected chi connectivity index (χ4v) is 7.10. The molecule has 11 nitrogen and oxygen atoms in total. The lowest BCUT2D eigenvalue weighted by atomic mass is 9.87. The van der Waals surface area contributed by atoms with Crippen molar-refractivity contribution < 1.29 is 43.9 Å². The van der Waals surface area contributed by atoms with Crippen LogP contribution in [0.15, 0.2) is 63.4 Å². The summed E-state index contributed by atoms with van der Waals surface area (Å²) in [5.41, 5.74) is 6.37. The van der Waals surface area contributed by atoms with Gasteiger partial charge in [0.1, 0.15) is 17.5 Å². The maximum absolute atomic E-state index is 13.6. The monoisotopic (exact) mass is 738 g/mol. The molecule has 0 radical (unpaired) electrons. The Bertz CT molecular complexity index is 1610. The number of aliphatic hydroxyl groups excluding tert-OH is 1. The minimum atomic E-state index is -1.01. The van der Waals surface area contributed by atoms with Crippen LogP contribution in [0.25, 0.3) is 0 Å². The molecule has 2 aromatic carbocycles. The average molecular weight is 740 g/mol. The van der Waals surface area contributed by atoms with Crippen molar-refractivity contribution in [3.05, 3.63) is 69.3 Å². The van der Waals surface area contributed by atoms with Gasteiger partial charge in [-0.15, -0.1) is 0 Å². The van der Waals surface area contributed by atoms with Gasteiger partial charge in [0.2, 0.25) is 0 Å². The molecule has 2 aromatic rings. The molecule has 6 N–H and O–H groups in total. The van der Waals surface area contributed by atoms with Crippen molar-refractivity contribution in [1.82, 2.24) is 0 Å². The first-order valence-electron chi connectivity index (χ1n) is 15.4. The van der Waals surface area contributed by atoms with Crippen LogP contribution in [0.1, 0.15) is 39.7 Å². The van der Waals surface area contributed by atoms with Crippen molar-refractivity contribution >= 4 is 52.7 Å². The molecule has 1 heterocycles. The Hall–Kier alpha value is -3.39. The predicted molar refractivity (Wildman–Crippen MR) is 191 cm³/mol. The van der Waals surface area contributed by atoms with Crippen LogP contribution in [0.3, 0.4) is 0 Å². The summed E-state index contributed by atoms with van der Waals surface area (Å²) < 4.78 is 22.4. The summed E-state index contributed by atoms with van der Waals surface area (Å²) in [6.45, 7) is 6.99. The first-order valence-corrected chi connectivity index (χ1v) is 17.0. The number of phenolic OH excluding ortho intramolecular Hbond substituents is 2. The van der Waals surface area contributed by atoms with Gasteiger partial charge < -0.3 is 45.3 Å². The number of benzene rings is 2. The standard InChI is InChI=1S/C35H44Cl2N2O9S/c1-17-13-22-29(41)27(33(30(42)32(22)47-7)49-26-16-21(36)11-12-23(26)37)39-34(43)18(2)9-8-10-24(45-5)31(48-35(38)44)20(4)15-19(3)28(40)25(14-17)46-6/h8-12,15-17,19,24-25,28,31,40-42H,13-14H2,1-7H3,(H2,38,44)(H,39,43)/b10-8-,18-9+,20-15+/t17-,19+,24+,25+,28-,31+/m1/s1. The zero-order chi connectivity index (χ0) is 36.6. The topological polar surface area (TPSA) is 170 Å². The maximum atomic E-state index is 13.6. The summed E-state index contributed by atoms with van der Waals surface area (Å²) in [5, 5.41) is 38.2. The van der Waals surface area contributed by atoms with E-state index in [1.165, 1.54) is 27.4 Å². The summed E-state index contributed by atoms with van der Waals surface area (Å²) >= 11 is 13.7. The first-order chi connectivity index (χ1) is 23.1. The molecular weight excluding hydrogens is 695 g/mol. The second-order valence-electron chi connectivity index (χ2n) is 11.9. The van der Waals surface area contributed by atoms with Gasteiger partial charge in [-0.3, -0.25) is 4.79 Å². The van der Waals surface area contributed by atoms with Gasteiger partial charge in [-0.1, -0.05) is 73.1 Å². The third-order valence-corrected chi connectivity index (χ3v) is 10.0. The van der Waals surface area contributed by atoms with Gasteiger partial charge in [0.25, 0.3) is 5.91 Å². The van der Waals surface area contributed by atoms with E-state index in [0.717, 1.165) is 11.8 Å². The summed E-state index contributed by atoms with van der Waals surface area (Å²) in [4.78, 5) is 26.0. The molecule has 268 valence electrons. The molecular formula is C35H44Cl2N2O9S. The molecule has 2 bridgehead atoms.